The van der Waals surface area contributed by atoms with E-state index in [1.54, 1.807) is 0 Å². The van der Waals surface area contributed by atoms with Crippen LogP contribution in [0.4, 0.5) is 0 Å². The van der Waals surface area contributed by atoms with E-state index >= 15 is 0 Å². The summed E-state index contributed by atoms with van der Waals surface area (Å²) in [7, 11) is 0. The van der Waals surface area contributed by atoms with E-state index in [9.17, 15) is 0 Å². The van der Waals surface area contributed by atoms with Crippen LogP contribution in [0.15, 0.2) is 0 Å². The van der Waals surface area contributed by atoms with E-state index in [0.29, 0.717) is 0 Å². The maximum atomic E-state index is 6.25. The first kappa shape index (κ1) is 68.0. The molecule has 0 N–H and O–H groups in total. The Balaban J connectivity index is -0.00000000628. The van der Waals surface area contributed by atoms with E-state index < -0.39 is 0 Å². The second-order valence-corrected chi connectivity index (χ2v) is 0. The monoisotopic (exact) mass is 340 g/mol. The summed E-state index contributed by atoms with van der Waals surface area (Å²) < 4.78 is 0. The van der Waals surface area contributed by atoms with Crippen molar-refractivity contribution in [3.63, 3.8) is 0 Å². The largest absolute Gasteiger partial charge is 2.00 e. The molecule has 0 aromatic rings. The van der Waals surface area contributed by atoms with Crippen molar-refractivity contribution in [2.45, 2.75) is 0 Å². The Hall–Kier alpha value is -1.29. The van der Waals surface area contributed by atoms with Gasteiger partial charge in [-0.05, 0) is 0 Å². The topological polar surface area (TPSA) is 143 Å². The van der Waals surface area contributed by atoms with Crippen LogP contribution in [0.25, 0.3) is 0 Å². The summed E-state index contributed by atoms with van der Waals surface area (Å²) in [5, 5.41) is 37.5. The van der Waals surface area contributed by atoms with E-state index in [2.05, 4.69) is 13.2 Å². The third-order valence-corrected chi connectivity index (χ3v) is 0. The minimum Gasteiger partial charge on any atom is 2.00 e. The van der Waals surface area contributed by atoms with Crippen LogP contribution in [-0.2, 0) is 48.4 Å². The van der Waals surface area contributed by atoms with Crippen molar-refractivity contribution in [2.24, 2.45) is 0 Å². The van der Waals surface area contributed by atoms with Crippen LogP contribution < -0.4 is 0 Å². The maximum absolute atomic E-state index is 6.25. The average molecular weight is 343 g/mol. The van der Waals surface area contributed by atoms with Gasteiger partial charge in [0.1, 0.15) is 0 Å². The molecule has 0 aromatic heterocycles. The molecule has 0 bridgehead atoms. The quantitative estimate of drug-likeness (QED) is 0.465. The Morgan fingerprint density at radius 3 is 0.467 bits per heavy atom. The molecular weight excluding hydrogens is 343 g/mol. The van der Waals surface area contributed by atoms with Crippen molar-refractivity contribution < 1.29 is 48.4 Å². The molecule has 0 aliphatic heterocycles. The van der Waals surface area contributed by atoms with Crippen molar-refractivity contribution in [3.05, 3.63) is 39.4 Å². The zero-order valence-corrected chi connectivity index (χ0v) is 14.5. The second kappa shape index (κ2) is 1040. The van der Waals surface area contributed by atoms with Crippen LogP contribution >= 0.6 is 0 Å². The van der Waals surface area contributed by atoms with Crippen molar-refractivity contribution in [1.29, 1.82) is 31.6 Å². The van der Waals surface area contributed by atoms with Crippen LogP contribution in [0, 0.1) is 71.0 Å². The normalized spacial score (nSPS) is 1.27. The number of rotatable bonds is 0. The Morgan fingerprint density at radius 1 is 0.467 bits per heavy atom. The molecule has 0 rings (SSSR count). The Kier molecular flexibility index (Phi) is 4710. The first-order valence-corrected chi connectivity index (χ1v) is 6.70. The molecule has 0 heterocycles. The Labute approximate surface area is 119 Å². The molecule has 0 saturated carbocycles. The summed E-state index contributed by atoms with van der Waals surface area (Å²) >= 11 is 4.50. The number of nitrogens with zero attached hydrogens (tertiary/aromatic N) is 6. The van der Waals surface area contributed by atoms with E-state index in [1.165, 1.54) is 0 Å². The fraction of sp³-hybridized carbons (Fsp3) is 0. The van der Waals surface area contributed by atoms with E-state index in [0.717, 1.165) is 15.8 Å². The van der Waals surface area contributed by atoms with Gasteiger partial charge in [0.05, 0.1) is 0 Å². The number of hydrogen-bond acceptors (Lipinski definition) is 6. The van der Waals surface area contributed by atoms with Gasteiger partial charge in [0.15, 0.2) is 0 Å². The van der Waals surface area contributed by atoms with Gasteiger partial charge >= 0.3 is 48.4 Å². The Morgan fingerprint density at radius 2 is 0.467 bits per heavy atom. The molecule has 0 saturated heterocycles. The van der Waals surface area contributed by atoms with Crippen LogP contribution in [0.2, 0.25) is 0 Å². The predicted octanol–water partition coefficient (Wildman–Crippen LogP) is 0.571. The summed E-state index contributed by atoms with van der Waals surface area (Å²) in [6.07, 6.45) is 0. The molecule has 0 amide bonds. The first-order valence-electron chi connectivity index (χ1n) is 1.59. The fourth-order valence-corrected chi connectivity index (χ4v) is 0. The third kappa shape index (κ3) is 870. The van der Waals surface area contributed by atoms with Crippen molar-refractivity contribution in [2.75, 3.05) is 0 Å². The van der Waals surface area contributed by atoms with Crippen molar-refractivity contribution in [1.82, 2.24) is 0 Å². The van der Waals surface area contributed by atoms with Gasteiger partial charge in [0, 0.05) is 0 Å². The minimum absolute atomic E-state index is 0. The van der Waals surface area contributed by atoms with Crippen LogP contribution in [0.5, 0.6) is 0 Å². The summed E-state index contributed by atoms with van der Waals surface area (Å²) in [5.74, 6) is 0. The zero-order chi connectivity index (χ0) is 14.0. The van der Waals surface area contributed by atoms with Crippen molar-refractivity contribution in [3.8, 4) is 0 Å². The molecule has 9 heteroatoms. The van der Waals surface area contributed by atoms with E-state index in [4.69, 9.17) is 71.0 Å². The summed E-state index contributed by atoms with van der Waals surface area (Å²) in [4.78, 5) is 0. The van der Waals surface area contributed by atoms with Gasteiger partial charge in [-0.2, -0.15) is 0 Å². The van der Waals surface area contributed by atoms with Crippen LogP contribution in [-0.4, -0.2) is 0 Å². The standard InChI is InChI=1S/6CN.Fe.2Zn/c6*1-2;;;/q6*-1;;;+2. The van der Waals surface area contributed by atoms with Crippen LogP contribution in [0.3, 0.4) is 0 Å². The molecule has 0 atom stereocenters. The Bertz CT molecular complexity index is 112. The molecule has 0 aliphatic rings. The molecule has 0 spiro atoms. The van der Waals surface area contributed by atoms with Gasteiger partial charge in [-0.1, -0.05) is 0 Å². The molecule has 15 heavy (non-hydrogen) atoms. The van der Waals surface area contributed by atoms with E-state index in [-0.39, 0.29) is 19.5 Å². The smallest absolute Gasteiger partial charge is 2.00 e. The molecule has 70 valence electrons. The molecule has 6 nitrogen and oxygen atoms in total. The van der Waals surface area contributed by atoms with Crippen LogP contribution in [0.1, 0.15) is 0 Å². The van der Waals surface area contributed by atoms with Gasteiger partial charge in [-0.3, -0.25) is 0 Å². The first-order chi connectivity index (χ1) is 7.00. The maximum Gasteiger partial charge on any atom is 2.00 e. The molecule has 0 aromatic carbocycles. The SMILES string of the molecule is [C-]#N.[C-]#N.[C-]#N.[C-]#N.[C-]#N.[C-]#N.[Fe]=[Zn].[Zn+2]. The van der Waals surface area contributed by atoms with Gasteiger partial charge in [-0.25, -0.2) is 0 Å². The van der Waals surface area contributed by atoms with Gasteiger partial charge in [0.2, 0.25) is 0 Å². The molecule has 0 aliphatic carbocycles. The predicted molar refractivity (Wildman–Crippen MR) is 29.8 cm³/mol. The van der Waals surface area contributed by atoms with Gasteiger partial charge in [0.25, 0.3) is 0 Å². The van der Waals surface area contributed by atoms with E-state index in [1.807, 2.05) is 0 Å². The fourth-order valence-electron chi connectivity index (χ4n) is 0. The van der Waals surface area contributed by atoms with Crippen molar-refractivity contribution >= 4 is 0 Å². The van der Waals surface area contributed by atoms with Gasteiger partial charge in [-0.15, -0.1) is 0 Å². The summed E-state index contributed by atoms with van der Waals surface area (Å²) in [5.41, 5.74) is 0. The third-order valence-electron chi connectivity index (χ3n) is 0. The number of hydrogen-bond donors (Lipinski definition) is 0. The molecular formula is C6FeN6Zn2-4. The summed E-state index contributed by atoms with van der Waals surface area (Å²) in [6.45, 7) is 28.5. The van der Waals surface area contributed by atoms with Gasteiger partial charge < -0.3 is 71.0 Å². The molecule has 0 fully saturated rings. The summed E-state index contributed by atoms with van der Waals surface area (Å²) in [6, 6.07) is 0. The molecule has 0 unspecified atom stereocenters. The zero-order valence-electron chi connectivity index (χ0n) is 7.45. The second-order valence-electron chi connectivity index (χ2n) is 0. The molecule has 0 radical (unpaired) electrons. The minimum atomic E-state index is 0. The average Bonchev–Trinajstić information content (AvgIpc) is 2.45.